The summed E-state index contributed by atoms with van der Waals surface area (Å²) < 4.78 is 112. The number of sulfone groups is 1. The van der Waals surface area contributed by atoms with E-state index in [1.807, 2.05) is 48.5 Å². The third-order valence-electron chi connectivity index (χ3n) is 8.64. The van der Waals surface area contributed by atoms with Crippen LogP contribution in [0.2, 0.25) is 0 Å². The second-order valence-corrected chi connectivity index (χ2v) is 13.8. The van der Waals surface area contributed by atoms with E-state index in [0.717, 1.165) is 39.1 Å². The quantitative estimate of drug-likeness (QED) is 0.150. The number of rotatable bonds is 8. The first-order chi connectivity index (χ1) is 24.0. The van der Waals surface area contributed by atoms with Crippen LogP contribution in [0, 0.1) is 0 Å². The number of amides is 1. The molecule has 5 aromatic rings. The summed E-state index contributed by atoms with van der Waals surface area (Å²) in [6, 6.07) is 20.7. The van der Waals surface area contributed by atoms with Crippen LogP contribution in [0.15, 0.2) is 102 Å². The number of halogens is 6. The van der Waals surface area contributed by atoms with Crippen molar-refractivity contribution in [1.29, 1.82) is 0 Å². The summed E-state index contributed by atoms with van der Waals surface area (Å²) in [7, 11) is -3.97. The molecule has 1 heterocycles. The summed E-state index contributed by atoms with van der Waals surface area (Å²) in [5, 5.41) is 21.3. The van der Waals surface area contributed by atoms with Crippen molar-refractivity contribution >= 4 is 38.3 Å². The van der Waals surface area contributed by atoms with Gasteiger partial charge in [0.15, 0.2) is 9.84 Å². The summed E-state index contributed by atoms with van der Waals surface area (Å²) >= 11 is 0. The first-order valence-electron chi connectivity index (χ1n) is 15.1. The smallest absolute Gasteiger partial charge is 0.430 e. The number of aliphatic hydroxyl groups excluding tert-OH is 1. The second kappa shape index (κ2) is 12.9. The predicted octanol–water partition coefficient (Wildman–Crippen LogP) is 6.77. The van der Waals surface area contributed by atoms with Crippen LogP contribution >= 0.6 is 0 Å². The van der Waals surface area contributed by atoms with Gasteiger partial charge in [-0.15, -0.1) is 0 Å². The van der Waals surface area contributed by atoms with Crippen LogP contribution in [-0.2, 0) is 20.2 Å². The Labute approximate surface area is 285 Å². The van der Waals surface area contributed by atoms with Gasteiger partial charge in [-0.05, 0) is 46.5 Å². The van der Waals surface area contributed by atoms with E-state index in [9.17, 15) is 54.6 Å². The second-order valence-electron chi connectivity index (χ2n) is 11.7. The molecular formula is C35H26F6N2O7S. The van der Waals surface area contributed by atoms with Gasteiger partial charge < -0.3 is 20.3 Å². The van der Waals surface area contributed by atoms with Crippen LogP contribution in [0.25, 0.3) is 21.9 Å². The number of carbonyl (C=O) groups is 2. The molecule has 0 aliphatic heterocycles. The van der Waals surface area contributed by atoms with Crippen molar-refractivity contribution in [3.8, 4) is 11.1 Å². The average Bonchev–Trinajstić information content (AvgIpc) is 3.62. The molecular weight excluding hydrogens is 706 g/mol. The Balaban J connectivity index is 1.34. The van der Waals surface area contributed by atoms with Crippen molar-refractivity contribution in [3.05, 3.63) is 120 Å². The number of aromatic nitrogens is 1. The number of nitrogens with one attached hydrogen (secondary N) is 1. The van der Waals surface area contributed by atoms with E-state index in [1.54, 1.807) is 0 Å². The number of ether oxygens (including phenoxy) is 1. The Bertz CT molecular complexity index is 2210. The van der Waals surface area contributed by atoms with Gasteiger partial charge >= 0.3 is 18.4 Å². The molecule has 0 saturated carbocycles. The molecule has 266 valence electrons. The average molecular weight is 733 g/mol. The van der Waals surface area contributed by atoms with E-state index in [-0.39, 0.29) is 39.6 Å². The van der Waals surface area contributed by atoms with Gasteiger partial charge in [-0.25, -0.2) is 17.8 Å². The molecule has 9 nitrogen and oxygen atoms in total. The molecule has 1 amide bonds. The number of aliphatic hydroxyl groups is 2. The van der Waals surface area contributed by atoms with Gasteiger partial charge in [0.25, 0.3) is 11.5 Å². The summed E-state index contributed by atoms with van der Waals surface area (Å²) in [5.74, 6) is -2.03. The van der Waals surface area contributed by atoms with Gasteiger partial charge in [-0.3, -0.25) is 4.79 Å². The lowest BCUT2D eigenvalue weighted by molar-refractivity contribution is -0.376. The van der Waals surface area contributed by atoms with Crippen molar-refractivity contribution in [2.24, 2.45) is 0 Å². The zero-order valence-corrected chi connectivity index (χ0v) is 26.8. The first kappa shape index (κ1) is 35.6. The van der Waals surface area contributed by atoms with E-state index >= 15 is 0 Å². The molecule has 0 spiro atoms. The number of alkyl halides is 6. The van der Waals surface area contributed by atoms with Gasteiger partial charge in [-0.2, -0.15) is 26.3 Å². The molecule has 1 aromatic heterocycles. The monoisotopic (exact) mass is 732 g/mol. The number of hydrogen-bond donors (Lipinski definition) is 3. The first-order valence-corrected chi connectivity index (χ1v) is 16.7. The van der Waals surface area contributed by atoms with E-state index in [1.165, 1.54) is 12.1 Å². The van der Waals surface area contributed by atoms with Gasteiger partial charge in [-0.1, -0.05) is 66.7 Å². The molecule has 16 heteroatoms. The number of carbonyl (C=O) groups excluding carboxylic acids is 2. The number of anilines is 1. The Morgan fingerprint density at radius 1 is 0.824 bits per heavy atom. The minimum Gasteiger partial charge on any atom is -0.448 e. The number of benzene rings is 4. The van der Waals surface area contributed by atoms with Crippen molar-refractivity contribution in [3.63, 3.8) is 0 Å². The highest BCUT2D eigenvalue weighted by Gasteiger charge is 2.71. The molecule has 4 aromatic carbocycles. The minimum atomic E-state index is -6.12. The van der Waals surface area contributed by atoms with Crippen molar-refractivity contribution < 1.29 is 59.3 Å². The van der Waals surface area contributed by atoms with Gasteiger partial charge in [0.2, 0.25) is 0 Å². The zero-order valence-electron chi connectivity index (χ0n) is 26.0. The molecule has 51 heavy (non-hydrogen) atoms. The van der Waals surface area contributed by atoms with E-state index < -0.39 is 57.7 Å². The predicted molar refractivity (Wildman–Crippen MR) is 172 cm³/mol. The summed E-state index contributed by atoms with van der Waals surface area (Å²) in [5.41, 5.74) is -3.74. The van der Waals surface area contributed by atoms with Crippen LogP contribution in [0.3, 0.4) is 0 Å². The van der Waals surface area contributed by atoms with Crippen molar-refractivity contribution in [2.45, 2.75) is 28.8 Å². The van der Waals surface area contributed by atoms with E-state index in [4.69, 9.17) is 4.74 Å². The molecule has 0 atom stereocenters. The summed E-state index contributed by atoms with van der Waals surface area (Å²) in [6.07, 6.45) is -12.1. The lowest BCUT2D eigenvalue weighted by Gasteiger charge is -2.32. The Kier molecular flexibility index (Phi) is 8.98. The number of nitrogens with zero attached hydrogens (tertiary/aromatic N) is 1. The third kappa shape index (κ3) is 6.23. The van der Waals surface area contributed by atoms with Gasteiger partial charge in [0.05, 0.1) is 17.3 Å². The van der Waals surface area contributed by atoms with E-state index in [0.29, 0.717) is 24.3 Å². The van der Waals surface area contributed by atoms with Crippen LogP contribution in [0.5, 0.6) is 0 Å². The molecule has 0 radical (unpaired) electrons. The number of hydrogen-bond acceptors (Lipinski definition) is 7. The Morgan fingerprint density at radius 3 is 1.94 bits per heavy atom. The largest absolute Gasteiger partial charge is 0.448 e. The lowest BCUT2D eigenvalue weighted by Crippen LogP contribution is -2.53. The number of fused-ring (bicyclic) bond motifs is 4. The maximum atomic E-state index is 13.7. The maximum absolute atomic E-state index is 13.7. The normalized spacial score (nSPS) is 13.6. The Morgan fingerprint density at radius 2 is 1.39 bits per heavy atom. The molecule has 1 aliphatic carbocycles. The molecule has 6 rings (SSSR count). The molecule has 1 aliphatic rings. The van der Waals surface area contributed by atoms with Crippen LogP contribution in [-0.4, -0.2) is 66.5 Å². The van der Waals surface area contributed by atoms with Crippen LogP contribution in [0.4, 0.5) is 36.8 Å². The van der Waals surface area contributed by atoms with Crippen molar-refractivity contribution in [2.75, 3.05) is 24.3 Å². The fraction of sp³-hybridized carbons (Fsp3) is 0.200. The Hall–Kier alpha value is -5.19. The molecule has 0 unspecified atom stereocenters. The maximum Gasteiger partial charge on any atom is 0.430 e. The SMILES string of the molecule is O=C(Nc1ccc(C(O)(C(F)(F)F)C(F)(F)F)cc1)c1c2ccc(S(=O)(=O)CCO)cc2cn1C(=O)OCC1c2ccccc2-c2ccccc21. The fourth-order valence-corrected chi connectivity index (χ4v) is 7.20. The lowest BCUT2D eigenvalue weighted by atomic mass is 9.92. The van der Waals surface area contributed by atoms with Gasteiger partial charge in [0.1, 0.15) is 12.3 Å². The topological polar surface area (TPSA) is 135 Å². The summed E-state index contributed by atoms with van der Waals surface area (Å²) in [4.78, 5) is 27.1. The highest BCUT2D eigenvalue weighted by Crippen LogP contribution is 2.50. The van der Waals surface area contributed by atoms with E-state index in [2.05, 4.69) is 5.32 Å². The third-order valence-corrected chi connectivity index (χ3v) is 10.3. The molecule has 0 fully saturated rings. The van der Waals surface area contributed by atoms with Gasteiger partial charge in [0, 0.05) is 34.1 Å². The standard InChI is InChI=1S/C35H26F6N2O7S/c36-34(37,38)33(47,35(39,40)41)21-9-11-22(12-10-21)42-31(45)30-24-14-13-23(51(48,49)16-15-44)17-20(24)18-43(30)32(46)50-19-29-27-7-3-1-5-25(27)26-6-2-4-8-28(26)29/h1-14,17-18,29,44,47H,15-16,19H2,(H,42,45). The summed E-state index contributed by atoms with van der Waals surface area (Å²) in [6.45, 7) is -0.835. The van der Waals surface area contributed by atoms with Crippen LogP contribution < -0.4 is 5.32 Å². The fourth-order valence-electron chi connectivity index (χ4n) is 6.14. The highest BCUT2D eigenvalue weighted by atomic mass is 32.2. The van der Waals surface area contributed by atoms with Crippen molar-refractivity contribution in [1.82, 2.24) is 4.57 Å². The molecule has 0 bridgehead atoms. The molecule has 0 saturated heterocycles. The highest BCUT2D eigenvalue weighted by molar-refractivity contribution is 7.91. The zero-order chi connectivity index (χ0) is 36.9. The van der Waals surface area contributed by atoms with Crippen LogP contribution in [0.1, 0.15) is 33.1 Å². The molecule has 3 N–H and O–H groups in total. The minimum absolute atomic E-state index is 0.0455.